The van der Waals surface area contributed by atoms with E-state index in [2.05, 4.69) is 20.9 Å². The third kappa shape index (κ3) is 9.64. The van der Waals surface area contributed by atoms with Crippen LogP contribution in [0.4, 0.5) is 0 Å². The van der Waals surface area contributed by atoms with Crippen molar-refractivity contribution in [2.75, 3.05) is 5.75 Å². The number of hydrogen-bond acceptors (Lipinski definition) is 6. The maximum atomic E-state index is 13.9. The van der Waals surface area contributed by atoms with Gasteiger partial charge in [-0.05, 0) is 62.9 Å². The largest absolute Gasteiger partial charge is 0.390 e. The normalized spacial score (nSPS) is 14.1. The van der Waals surface area contributed by atoms with Gasteiger partial charge >= 0.3 is 0 Å². The lowest BCUT2D eigenvalue weighted by Crippen LogP contribution is -2.55. The summed E-state index contributed by atoms with van der Waals surface area (Å²) in [6.07, 6.45) is 0.0790. The van der Waals surface area contributed by atoms with E-state index in [-0.39, 0.29) is 29.2 Å². The number of rotatable bonds is 13. The van der Waals surface area contributed by atoms with Crippen LogP contribution in [0.25, 0.3) is 10.9 Å². The Labute approximate surface area is 275 Å². The molecular formula is C37H44N4O4S. The molecule has 1 heterocycles. The average molecular weight is 641 g/mol. The van der Waals surface area contributed by atoms with Crippen molar-refractivity contribution in [3.8, 4) is 0 Å². The van der Waals surface area contributed by atoms with Gasteiger partial charge in [0.1, 0.15) is 11.7 Å². The van der Waals surface area contributed by atoms with Gasteiger partial charge in [-0.2, -0.15) is 0 Å². The number of nitrogens with one attached hydrogen (secondary N) is 3. The predicted molar refractivity (Wildman–Crippen MR) is 185 cm³/mol. The molecule has 0 saturated carbocycles. The van der Waals surface area contributed by atoms with Crippen molar-refractivity contribution in [2.45, 2.75) is 76.1 Å². The standard InChI is InChI=1S/C37H44N4O4S/c1-6-24(2)33(40-35(44)29-21-20-26-16-10-12-18-28(26)38-29)36(45)39-30(22-25-14-8-7-9-15-25)31(42)23-46-32-19-13-11-17-27(32)34(43)41-37(3,4)5/h7-21,24,30-31,33,42H,6,22-23H2,1-5H3,(H,39,45)(H,40,44)(H,41,43)/t24?,30-,31+,33+/m0/s1. The van der Waals surface area contributed by atoms with Crippen molar-refractivity contribution in [3.05, 3.63) is 108 Å². The summed E-state index contributed by atoms with van der Waals surface area (Å²) < 4.78 is 0. The van der Waals surface area contributed by atoms with Crippen LogP contribution < -0.4 is 16.0 Å². The molecule has 0 bridgehead atoms. The molecule has 3 amide bonds. The van der Waals surface area contributed by atoms with E-state index in [1.54, 1.807) is 12.1 Å². The number of thioether (sulfide) groups is 1. The summed E-state index contributed by atoms with van der Waals surface area (Å²) in [5.74, 6) is -0.946. The lowest BCUT2D eigenvalue weighted by atomic mass is 9.96. The van der Waals surface area contributed by atoms with Crippen molar-refractivity contribution < 1.29 is 19.5 Å². The van der Waals surface area contributed by atoms with E-state index in [9.17, 15) is 19.5 Å². The van der Waals surface area contributed by atoms with Crippen LogP contribution in [0, 0.1) is 5.92 Å². The molecule has 0 saturated heterocycles. The van der Waals surface area contributed by atoms with Gasteiger partial charge in [0.05, 0.1) is 23.2 Å². The second kappa shape index (κ2) is 15.9. The Morgan fingerprint density at radius 1 is 0.848 bits per heavy atom. The fraction of sp³-hybridized carbons (Fsp3) is 0.351. The number of carbonyl (C=O) groups is 3. The second-order valence-electron chi connectivity index (χ2n) is 12.6. The highest BCUT2D eigenvalue weighted by Crippen LogP contribution is 2.25. The first kappa shape index (κ1) is 34.7. The summed E-state index contributed by atoms with van der Waals surface area (Å²) >= 11 is 1.36. The van der Waals surface area contributed by atoms with Gasteiger partial charge in [-0.3, -0.25) is 14.4 Å². The van der Waals surface area contributed by atoms with Crippen LogP contribution in [-0.2, 0) is 11.2 Å². The maximum Gasteiger partial charge on any atom is 0.270 e. The number of para-hydroxylation sites is 1. The number of hydrogen-bond donors (Lipinski definition) is 4. The summed E-state index contributed by atoms with van der Waals surface area (Å²) in [7, 11) is 0. The van der Waals surface area contributed by atoms with E-state index in [1.165, 1.54) is 11.8 Å². The highest BCUT2D eigenvalue weighted by molar-refractivity contribution is 7.99. The van der Waals surface area contributed by atoms with Crippen LogP contribution in [0.5, 0.6) is 0 Å². The zero-order valence-corrected chi connectivity index (χ0v) is 27.9. The van der Waals surface area contributed by atoms with Crippen molar-refractivity contribution >= 4 is 40.4 Å². The molecule has 0 aliphatic rings. The molecule has 3 aromatic carbocycles. The summed E-state index contributed by atoms with van der Waals surface area (Å²) in [5.41, 5.74) is 2.00. The highest BCUT2D eigenvalue weighted by atomic mass is 32.2. The van der Waals surface area contributed by atoms with Gasteiger partial charge in [-0.15, -0.1) is 11.8 Å². The minimum atomic E-state index is -0.955. The zero-order valence-electron chi connectivity index (χ0n) is 27.1. The van der Waals surface area contributed by atoms with Crippen LogP contribution in [-0.4, -0.2) is 57.3 Å². The van der Waals surface area contributed by atoms with E-state index in [1.807, 2.05) is 113 Å². The molecule has 0 aliphatic carbocycles. The third-order valence-corrected chi connectivity index (χ3v) is 8.91. The molecule has 4 N–H and O–H groups in total. The number of benzene rings is 3. The quantitative estimate of drug-likeness (QED) is 0.137. The van der Waals surface area contributed by atoms with Gasteiger partial charge in [0.25, 0.3) is 11.8 Å². The fourth-order valence-corrected chi connectivity index (χ4v) is 6.09. The molecule has 8 nitrogen and oxygen atoms in total. The van der Waals surface area contributed by atoms with Crippen molar-refractivity contribution in [2.24, 2.45) is 5.92 Å². The molecule has 4 rings (SSSR count). The van der Waals surface area contributed by atoms with Gasteiger partial charge in [-0.25, -0.2) is 4.98 Å². The van der Waals surface area contributed by atoms with Crippen molar-refractivity contribution in [3.63, 3.8) is 0 Å². The van der Waals surface area contributed by atoms with Crippen molar-refractivity contribution in [1.29, 1.82) is 0 Å². The zero-order chi connectivity index (χ0) is 33.3. The number of fused-ring (bicyclic) bond motifs is 1. The number of carbonyl (C=O) groups excluding carboxylic acids is 3. The molecule has 46 heavy (non-hydrogen) atoms. The summed E-state index contributed by atoms with van der Waals surface area (Å²) in [6.45, 7) is 9.65. The van der Waals surface area contributed by atoms with E-state index in [4.69, 9.17) is 0 Å². The smallest absolute Gasteiger partial charge is 0.270 e. The Hall–Kier alpha value is -4.21. The molecule has 1 unspecified atom stereocenters. The molecule has 1 aromatic heterocycles. The molecule has 0 fully saturated rings. The Bertz CT molecular complexity index is 1640. The lowest BCUT2D eigenvalue weighted by molar-refractivity contribution is -0.125. The number of aliphatic hydroxyl groups excluding tert-OH is 1. The Kier molecular flexibility index (Phi) is 12.0. The van der Waals surface area contributed by atoms with Crippen molar-refractivity contribution in [1.82, 2.24) is 20.9 Å². The number of nitrogens with zero attached hydrogens (tertiary/aromatic N) is 1. The van der Waals surface area contributed by atoms with Crippen LogP contribution in [0.3, 0.4) is 0 Å². The van der Waals surface area contributed by atoms with E-state index in [0.29, 0.717) is 23.9 Å². The topological polar surface area (TPSA) is 120 Å². The third-order valence-electron chi connectivity index (χ3n) is 7.73. The van der Waals surface area contributed by atoms with Crippen LogP contribution in [0.2, 0.25) is 0 Å². The average Bonchev–Trinajstić information content (AvgIpc) is 3.04. The second-order valence-corrected chi connectivity index (χ2v) is 13.7. The summed E-state index contributed by atoms with van der Waals surface area (Å²) in [6, 6.07) is 26.5. The van der Waals surface area contributed by atoms with E-state index in [0.717, 1.165) is 15.8 Å². The Morgan fingerprint density at radius 2 is 1.52 bits per heavy atom. The molecule has 0 radical (unpaired) electrons. The van der Waals surface area contributed by atoms with Crippen LogP contribution in [0.15, 0.2) is 95.9 Å². The van der Waals surface area contributed by atoms with E-state index >= 15 is 0 Å². The molecule has 0 spiro atoms. The maximum absolute atomic E-state index is 13.9. The number of pyridine rings is 1. The monoisotopic (exact) mass is 640 g/mol. The predicted octanol–water partition coefficient (Wildman–Crippen LogP) is 5.79. The van der Waals surface area contributed by atoms with Gasteiger partial charge in [-0.1, -0.05) is 87.0 Å². The molecule has 4 aromatic rings. The first-order chi connectivity index (χ1) is 21.9. The van der Waals surface area contributed by atoms with Crippen LogP contribution in [0.1, 0.15) is 67.4 Å². The molecule has 9 heteroatoms. The van der Waals surface area contributed by atoms with Crippen LogP contribution >= 0.6 is 11.8 Å². The van der Waals surface area contributed by atoms with Gasteiger partial charge in [0.15, 0.2) is 0 Å². The van der Waals surface area contributed by atoms with Gasteiger partial charge in [0, 0.05) is 21.6 Å². The first-order valence-electron chi connectivity index (χ1n) is 15.7. The minimum absolute atomic E-state index is 0.179. The number of amides is 3. The molecule has 0 aliphatic heterocycles. The van der Waals surface area contributed by atoms with Gasteiger partial charge < -0.3 is 21.1 Å². The Morgan fingerprint density at radius 3 is 2.24 bits per heavy atom. The minimum Gasteiger partial charge on any atom is -0.390 e. The first-order valence-corrected chi connectivity index (χ1v) is 16.7. The number of aliphatic hydroxyl groups is 1. The lowest BCUT2D eigenvalue weighted by Gasteiger charge is -2.29. The highest BCUT2D eigenvalue weighted by Gasteiger charge is 2.31. The summed E-state index contributed by atoms with van der Waals surface area (Å²) in [5, 5.41) is 21.4. The van der Waals surface area contributed by atoms with E-state index < -0.39 is 29.6 Å². The number of aromatic nitrogens is 1. The molecule has 242 valence electrons. The van der Waals surface area contributed by atoms with Gasteiger partial charge in [0.2, 0.25) is 5.91 Å². The molecule has 4 atom stereocenters. The fourth-order valence-electron chi connectivity index (χ4n) is 5.01. The SMILES string of the molecule is CCC(C)[C@@H](NC(=O)c1ccc2ccccc2n1)C(=O)N[C@@H](Cc1ccccc1)[C@H](O)CSc1ccccc1C(=O)NC(C)(C)C. The Balaban J connectivity index is 1.52. The summed E-state index contributed by atoms with van der Waals surface area (Å²) in [4.78, 5) is 45.4. The molecular weight excluding hydrogens is 596 g/mol.